The van der Waals surface area contributed by atoms with Gasteiger partial charge in [-0.3, -0.25) is 4.40 Å². The van der Waals surface area contributed by atoms with E-state index in [1.54, 1.807) is 6.07 Å². The lowest BCUT2D eigenvalue weighted by Gasteiger charge is -2.23. The highest BCUT2D eigenvalue weighted by molar-refractivity contribution is 5.81. The second kappa shape index (κ2) is 5.89. The van der Waals surface area contributed by atoms with E-state index in [1.165, 1.54) is 0 Å². The molecular formula is C17H19N5O. The van der Waals surface area contributed by atoms with Crippen molar-refractivity contribution in [3.8, 4) is 16.9 Å². The number of phenolic OH excluding ortho intramolecular Hbond substituents is 1. The fourth-order valence-electron chi connectivity index (χ4n) is 3.08. The molecule has 0 unspecified atom stereocenters. The van der Waals surface area contributed by atoms with Gasteiger partial charge in [0.2, 0.25) is 5.95 Å². The zero-order valence-corrected chi connectivity index (χ0v) is 12.7. The average molecular weight is 309 g/mol. The summed E-state index contributed by atoms with van der Waals surface area (Å²) in [6.45, 7) is 2.02. The van der Waals surface area contributed by atoms with Gasteiger partial charge >= 0.3 is 0 Å². The second-order valence-corrected chi connectivity index (χ2v) is 5.84. The minimum absolute atomic E-state index is 0.245. The first-order valence-corrected chi connectivity index (χ1v) is 7.92. The van der Waals surface area contributed by atoms with Crippen molar-refractivity contribution in [1.82, 2.24) is 19.9 Å². The number of anilines is 1. The van der Waals surface area contributed by atoms with Crippen molar-refractivity contribution in [2.24, 2.45) is 0 Å². The number of aromatic hydroxyl groups is 1. The number of nitrogens with zero attached hydrogens (tertiary/aromatic N) is 3. The predicted molar refractivity (Wildman–Crippen MR) is 89.6 cm³/mol. The normalized spacial score (nSPS) is 18.2. The first-order valence-electron chi connectivity index (χ1n) is 7.92. The molecule has 6 heteroatoms. The van der Waals surface area contributed by atoms with E-state index in [1.807, 2.05) is 40.9 Å². The van der Waals surface area contributed by atoms with Gasteiger partial charge in [0.15, 0.2) is 5.65 Å². The lowest BCUT2D eigenvalue weighted by Crippen LogP contribution is -2.38. The third-order valence-corrected chi connectivity index (χ3v) is 4.26. The van der Waals surface area contributed by atoms with Gasteiger partial charge in [-0.25, -0.2) is 0 Å². The zero-order chi connectivity index (χ0) is 15.6. The Morgan fingerprint density at radius 2 is 2.00 bits per heavy atom. The van der Waals surface area contributed by atoms with E-state index in [9.17, 15) is 5.11 Å². The molecule has 6 nitrogen and oxygen atoms in total. The van der Waals surface area contributed by atoms with Gasteiger partial charge in [-0.2, -0.15) is 0 Å². The number of nitrogens with one attached hydrogen (secondary N) is 2. The van der Waals surface area contributed by atoms with Crippen LogP contribution in [0.5, 0.6) is 5.75 Å². The lowest BCUT2D eigenvalue weighted by atomic mass is 10.1. The van der Waals surface area contributed by atoms with Gasteiger partial charge in [-0.1, -0.05) is 18.2 Å². The van der Waals surface area contributed by atoms with Crippen LogP contribution in [0.3, 0.4) is 0 Å². The maximum atomic E-state index is 10.1. The second-order valence-electron chi connectivity index (χ2n) is 5.84. The highest BCUT2D eigenvalue weighted by Crippen LogP contribution is 2.31. The SMILES string of the molecule is Oc1ccccc1-c1cccn2c(N[C@@H]3CCCNC3)nnc12. The van der Waals surface area contributed by atoms with Gasteiger partial charge in [-0.05, 0) is 37.6 Å². The summed E-state index contributed by atoms with van der Waals surface area (Å²) in [4.78, 5) is 0. The molecule has 1 aliphatic heterocycles. The Hall–Kier alpha value is -2.60. The molecule has 4 rings (SSSR count). The maximum Gasteiger partial charge on any atom is 0.229 e. The van der Waals surface area contributed by atoms with Crippen LogP contribution < -0.4 is 10.6 Å². The van der Waals surface area contributed by atoms with Gasteiger partial charge < -0.3 is 15.7 Å². The summed E-state index contributed by atoms with van der Waals surface area (Å²) < 4.78 is 1.94. The molecule has 0 aliphatic carbocycles. The Morgan fingerprint density at radius 3 is 2.83 bits per heavy atom. The number of para-hydroxylation sites is 1. The van der Waals surface area contributed by atoms with Crippen LogP contribution in [0.2, 0.25) is 0 Å². The quantitative estimate of drug-likeness (QED) is 0.692. The van der Waals surface area contributed by atoms with Crippen molar-refractivity contribution in [2.75, 3.05) is 18.4 Å². The molecule has 118 valence electrons. The maximum absolute atomic E-state index is 10.1. The number of hydrogen-bond acceptors (Lipinski definition) is 5. The average Bonchev–Trinajstić information content (AvgIpc) is 3.00. The van der Waals surface area contributed by atoms with Crippen molar-refractivity contribution in [3.05, 3.63) is 42.6 Å². The molecule has 0 saturated carbocycles. The predicted octanol–water partition coefficient (Wildman–Crippen LogP) is 2.27. The van der Waals surface area contributed by atoms with Crippen molar-refractivity contribution < 1.29 is 5.11 Å². The van der Waals surface area contributed by atoms with Crippen LogP contribution in [0.1, 0.15) is 12.8 Å². The number of pyridine rings is 1. The fourth-order valence-corrected chi connectivity index (χ4v) is 3.08. The van der Waals surface area contributed by atoms with E-state index >= 15 is 0 Å². The summed E-state index contributed by atoms with van der Waals surface area (Å²) in [5, 5.41) is 25.6. The van der Waals surface area contributed by atoms with Gasteiger partial charge in [0, 0.05) is 29.9 Å². The lowest BCUT2D eigenvalue weighted by molar-refractivity contribution is 0.477. The van der Waals surface area contributed by atoms with E-state index in [-0.39, 0.29) is 5.75 Å². The van der Waals surface area contributed by atoms with E-state index in [0.717, 1.165) is 48.7 Å². The van der Waals surface area contributed by atoms with Crippen LogP contribution >= 0.6 is 0 Å². The van der Waals surface area contributed by atoms with Crippen LogP contribution in [-0.4, -0.2) is 38.8 Å². The van der Waals surface area contributed by atoms with Crippen LogP contribution in [0.15, 0.2) is 42.6 Å². The summed E-state index contributed by atoms with van der Waals surface area (Å²) in [6.07, 6.45) is 4.23. The Bertz CT molecular complexity index is 823. The molecule has 23 heavy (non-hydrogen) atoms. The number of phenols is 1. The Balaban J connectivity index is 1.73. The van der Waals surface area contributed by atoms with Crippen molar-refractivity contribution in [1.29, 1.82) is 0 Å². The molecule has 3 aromatic rings. The van der Waals surface area contributed by atoms with E-state index in [4.69, 9.17) is 0 Å². The van der Waals surface area contributed by atoms with Gasteiger partial charge in [-0.15, -0.1) is 10.2 Å². The fraction of sp³-hybridized carbons (Fsp3) is 0.294. The minimum Gasteiger partial charge on any atom is -0.507 e. The van der Waals surface area contributed by atoms with Gasteiger partial charge in [0.1, 0.15) is 5.75 Å². The number of piperidine rings is 1. The first-order chi connectivity index (χ1) is 11.3. The largest absolute Gasteiger partial charge is 0.507 e. The van der Waals surface area contributed by atoms with Crippen molar-refractivity contribution in [3.63, 3.8) is 0 Å². The Morgan fingerprint density at radius 1 is 1.13 bits per heavy atom. The van der Waals surface area contributed by atoms with Gasteiger partial charge in [0.25, 0.3) is 0 Å². The molecule has 1 atom stereocenters. The molecule has 0 amide bonds. The smallest absolute Gasteiger partial charge is 0.229 e. The van der Waals surface area contributed by atoms with E-state index < -0.39 is 0 Å². The number of benzene rings is 1. The third-order valence-electron chi connectivity index (χ3n) is 4.26. The number of fused-ring (bicyclic) bond motifs is 1. The highest BCUT2D eigenvalue weighted by atomic mass is 16.3. The molecule has 3 N–H and O–H groups in total. The molecule has 2 aromatic heterocycles. The molecule has 0 bridgehead atoms. The van der Waals surface area contributed by atoms with Crippen LogP contribution in [-0.2, 0) is 0 Å². The van der Waals surface area contributed by atoms with E-state index in [0.29, 0.717) is 6.04 Å². The summed E-state index contributed by atoms with van der Waals surface area (Å²) >= 11 is 0. The van der Waals surface area contributed by atoms with Crippen molar-refractivity contribution in [2.45, 2.75) is 18.9 Å². The minimum atomic E-state index is 0.245. The summed E-state index contributed by atoms with van der Waals surface area (Å²) in [6, 6.07) is 11.5. The summed E-state index contributed by atoms with van der Waals surface area (Å²) in [5.41, 5.74) is 2.37. The molecule has 0 spiro atoms. The molecule has 1 aliphatic rings. The summed E-state index contributed by atoms with van der Waals surface area (Å²) in [7, 11) is 0. The standard InChI is InChI=1S/C17H19N5O/c23-15-8-2-1-6-13(15)14-7-4-10-22-16(14)20-21-17(22)19-12-5-3-9-18-11-12/h1-2,4,6-8,10,12,18,23H,3,5,9,11H2,(H,19,21)/t12-/m1/s1. The molecular weight excluding hydrogens is 290 g/mol. The summed E-state index contributed by atoms with van der Waals surface area (Å²) in [5.74, 6) is 0.987. The molecule has 1 aromatic carbocycles. The topological polar surface area (TPSA) is 74.5 Å². The Kier molecular flexibility index (Phi) is 3.59. The number of aromatic nitrogens is 3. The number of rotatable bonds is 3. The van der Waals surface area contributed by atoms with Crippen molar-refractivity contribution >= 4 is 11.6 Å². The van der Waals surface area contributed by atoms with E-state index in [2.05, 4.69) is 20.8 Å². The first kappa shape index (κ1) is 14.0. The molecule has 0 radical (unpaired) electrons. The van der Waals surface area contributed by atoms with Crippen LogP contribution in [0.25, 0.3) is 16.8 Å². The zero-order valence-electron chi connectivity index (χ0n) is 12.7. The molecule has 3 heterocycles. The van der Waals surface area contributed by atoms with Crippen LogP contribution in [0.4, 0.5) is 5.95 Å². The highest BCUT2D eigenvalue weighted by Gasteiger charge is 2.17. The Labute approximate surface area is 134 Å². The number of hydrogen-bond donors (Lipinski definition) is 3. The van der Waals surface area contributed by atoms with Gasteiger partial charge in [0.05, 0.1) is 0 Å². The third kappa shape index (κ3) is 2.61. The molecule has 1 saturated heterocycles. The molecule has 1 fully saturated rings. The monoisotopic (exact) mass is 309 g/mol. The van der Waals surface area contributed by atoms with Crippen LogP contribution in [0, 0.1) is 0 Å².